The van der Waals surface area contributed by atoms with E-state index in [1.807, 2.05) is 17.5 Å². The fourth-order valence-corrected chi connectivity index (χ4v) is 5.42. The molecule has 0 spiro atoms. The molecule has 1 N–H and O–H groups in total. The van der Waals surface area contributed by atoms with E-state index in [9.17, 15) is 9.59 Å². The number of likely N-dealkylation sites (N-methyl/N-ethyl adjacent to an activating group) is 1. The molecule has 0 fully saturated rings. The summed E-state index contributed by atoms with van der Waals surface area (Å²) in [5, 5.41) is 4.91. The second-order valence-electron chi connectivity index (χ2n) is 8.05. The lowest BCUT2D eigenvalue weighted by Crippen LogP contribution is -2.43. The van der Waals surface area contributed by atoms with Gasteiger partial charge in [0.15, 0.2) is 23.0 Å². The van der Waals surface area contributed by atoms with E-state index >= 15 is 0 Å². The Morgan fingerprint density at radius 3 is 2.03 bits per heavy atom. The number of anilines is 1. The minimum absolute atomic E-state index is 0.207. The van der Waals surface area contributed by atoms with Gasteiger partial charge in [-0.15, -0.1) is 11.3 Å². The standard InChI is InChI=1S/C26H28N2O7S/c1-28-23(21-8-7-9-36-21)22(15-12-17(31-2)18(32-3)13-16(15)26(28)30)25(29)27-14-10-19(33-4)24(35-6)20(11-14)34-5/h7-13,22-23H,1-6H3,(H,27,29)/t22-,23+/m0/s1. The average Bonchev–Trinajstić information content (AvgIpc) is 3.43. The highest BCUT2D eigenvalue weighted by molar-refractivity contribution is 7.10. The number of carbonyl (C=O) groups excluding carboxylic acids is 2. The van der Waals surface area contributed by atoms with Gasteiger partial charge in [-0.3, -0.25) is 9.59 Å². The van der Waals surface area contributed by atoms with Crippen molar-refractivity contribution in [3.63, 3.8) is 0 Å². The second-order valence-corrected chi connectivity index (χ2v) is 9.03. The Hall–Kier alpha value is -3.92. The molecule has 4 rings (SSSR count). The van der Waals surface area contributed by atoms with Crippen LogP contribution in [-0.2, 0) is 4.79 Å². The van der Waals surface area contributed by atoms with Crippen molar-refractivity contribution in [3.8, 4) is 28.7 Å². The van der Waals surface area contributed by atoms with Crippen LogP contribution in [0.1, 0.15) is 32.8 Å². The first-order chi connectivity index (χ1) is 17.4. The van der Waals surface area contributed by atoms with Crippen LogP contribution in [0.4, 0.5) is 5.69 Å². The van der Waals surface area contributed by atoms with Crippen molar-refractivity contribution >= 4 is 28.8 Å². The van der Waals surface area contributed by atoms with Crippen molar-refractivity contribution in [2.24, 2.45) is 0 Å². The van der Waals surface area contributed by atoms with Crippen LogP contribution in [0, 0.1) is 0 Å². The van der Waals surface area contributed by atoms with Crippen molar-refractivity contribution in [3.05, 3.63) is 57.8 Å². The highest BCUT2D eigenvalue weighted by Crippen LogP contribution is 2.47. The molecule has 1 aromatic heterocycles. The van der Waals surface area contributed by atoms with E-state index in [2.05, 4.69) is 5.32 Å². The van der Waals surface area contributed by atoms with Gasteiger partial charge >= 0.3 is 0 Å². The Bertz CT molecular complexity index is 1250. The van der Waals surface area contributed by atoms with Crippen molar-refractivity contribution in [2.45, 2.75) is 12.0 Å². The zero-order valence-corrected chi connectivity index (χ0v) is 21.7. The fraction of sp³-hybridized carbons (Fsp3) is 0.308. The van der Waals surface area contributed by atoms with Crippen molar-refractivity contribution in [1.29, 1.82) is 0 Å². The number of carbonyl (C=O) groups is 2. The Morgan fingerprint density at radius 1 is 0.889 bits per heavy atom. The summed E-state index contributed by atoms with van der Waals surface area (Å²) in [6.07, 6.45) is 0. The molecule has 1 aliphatic rings. The summed E-state index contributed by atoms with van der Waals surface area (Å²) in [6.45, 7) is 0. The van der Waals surface area contributed by atoms with E-state index in [-0.39, 0.29) is 11.8 Å². The number of ether oxygens (including phenoxy) is 5. The summed E-state index contributed by atoms with van der Waals surface area (Å²) < 4.78 is 27.2. The lowest BCUT2D eigenvalue weighted by molar-refractivity contribution is -0.119. The quantitative estimate of drug-likeness (QED) is 0.480. The van der Waals surface area contributed by atoms with Gasteiger partial charge in [0.1, 0.15) is 0 Å². The minimum atomic E-state index is -0.736. The lowest BCUT2D eigenvalue weighted by Gasteiger charge is -2.39. The normalized spacial score (nSPS) is 16.7. The summed E-state index contributed by atoms with van der Waals surface area (Å²) in [4.78, 5) is 29.9. The van der Waals surface area contributed by atoms with E-state index in [4.69, 9.17) is 23.7 Å². The van der Waals surface area contributed by atoms with Gasteiger partial charge in [-0.2, -0.15) is 0 Å². The predicted octanol–water partition coefficient (Wildman–Crippen LogP) is 4.34. The molecule has 2 amide bonds. The summed E-state index contributed by atoms with van der Waals surface area (Å²) in [7, 11) is 9.25. The smallest absolute Gasteiger partial charge is 0.254 e. The van der Waals surface area contributed by atoms with E-state index in [1.54, 1.807) is 36.2 Å². The van der Waals surface area contributed by atoms with Crippen molar-refractivity contribution in [1.82, 2.24) is 4.90 Å². The average molecular weight is 513 g/mol. The molecule has 2 heterocycles. The molecule has 36 heavy (non-hydrogen) atoms. The van der Waals surface area contributed by atoms with Crippen LogP contribution >= 0.6 is 11.3 Å². The second kappa shape index (κ2) is 10.4. The van der Waals surface area contributed by atoms with Gasteiger partial charge in [0, 0.05) is 35.3 Å². The van der Waals surface area contributed by atoms with Crippen molar-refractivity contribution < 1.29 is 33.3 Å². The van der Waals surface area contributed by atoms with Crippen LogP contribution in [0.25, 0.3) is 0 Å². The number of hydrogen-bond donors (Lipinski definition) is 1. The topological polar surface area (TPSA) is 95.6 Å². The number of amides is 2. The number of rotatable bonds is 8. The van der Waals surface area contributed by atoms with Crippen LogP contribution in [0.5, 0.6) is 28.7 Å². The Morgan fingerprint density at radius 2 is 1.50 bits per heavy atom. The molecule has 0 saturated carbocycles. The van der Waals surface area contributed by atoms with E-state index in [0.29, 0.717) is 45.6 Å². The molecule has 0 bridgehead atoms. The molecule has 0 saturated heterocycles. The number of nitrogens with one attached hydrogen (secondary N) is 1. The first-order valence-corrected chi connectivity index (χ1v) is 11.9. The maximum absolute atomic E-state index is 14.0. The predicted molar refractivity (Wildman–Crippen MR) is 136 cm³/mol. The Balaban J connectivity index is 1.84. The summed E-state index contributed by atoms with van der Waals surface area (Å²) >= 11 is 1.49. The number of thiophene rings is 1. The molecule has 0 radical (unpaired) electrons. The molecule has 0 unspecified atom stereocenters. The maximum atomic E-state index is 14.0. The van der Waals surface area contributed by atoms with Gasteiger partial charge in [0.2, 0.25) is 11.7 Å². The van der Waals surface area contributed by atoms with Crippen LogP contribution in [-0.4, -0.2) is 59.3 Å². The summed E-state index contributed by atoms with van der Waals surface area (Å²) in [6, 6.07) is 9.95. The van der Waals surface area contributed by atoms with Gasteiger partial charge in [0.05, 0.1) is 47.5 Å². The van der Waals surface area contributed by atoms with E-state index in [1.165, 1.54) is 46.9 Å². The third-order valence-corrected chi connectivity index (χ3v) is 7.17. The Labute approximate surface area is 213 Å². The largest absolute Gasteiger partial charge is 0.493 e. The molecular formula is C26H28N2O7S. The molecular weight excluding hydrogens is 484 g/mol. The number of fused-ring (bicyclic) bond motifs is 1. The van der Waals surface area contributed by atoms with Gasteiger partial charge in [-0.05, 0) is 29.1 Å². The third kappa shape index (κ3) is 4.28. The molecule has 1 aliphatic heterocycles. The number of benzene rings is 2. The first-order valence-electron chi connectivity index (χ1n) is 11.1. The minimum Gasteiger partial charge on any atom is -0.493 e. The van der Waals surface area contributed by atoms with Crippen LogP contribution in [0.15, 0.2) is 41.8 Å². The zero-order valence-electron chi connectivity index (χ0n) is 20.9. The first kappa shape index (κ1) is 25.2. The molecule has 3 aromatic rings. The number of nitrogens with zero attached hydrogens (tertiary/aromatic N) is 1. The molecule has 2 atom stereocenters. The highest BCUT2D eigenvalue weighted by Gasteiger charge is 2.44. The van der Waals surface area contributed by atoms with Crippen molar-refractivity contribution in [2.75, 3.05) is 47.9 Å². The van der Waals surface area contributed by atoms with Crippen LogP contribution in [0.2, 0.25) is 0 Å². The fourth-order valence-electron chi connectivity index (χ4n) is 4.52. The molecule has 10 heteroatoms. The van der Waals surface area contributed by atoms with Gasteiger partial charge in [0.25, 0.3) is 5.91 Å². The van der Waals surface area contributed by atoms with Crippen LogP contribution < -0.4 is 29.0 Å². The van der Waals surface area contributed by atoms with E-state index in [0.717, 1.165) is 4.88 Å². The van der Waals surface area contributed by atoms with Crippen LogP contribution in [0.3, 0.4) is 0 Å². The molecule has 9 nitrogen and oxygen atoms in total. The van der Waals surface area contributed by atoms with Gasteiger partial charge in [-0.25, -0.2) is 0 Å². The zero-order chi connectivity index (χ0) is 26.0. The third-order valence-electron chi connectivity index (χ3n) is 6.22. The SMILES string of the molecule is COc1cc2c(cc1OC)[C@H](C(=O)Nc1cc(OC)c(OC)c(OC)c1)[C@@H](c1cccs1)N(C)C2=O. The van der Waals surface area contributed by atoms with Gasteiger partial charge < -0.3 is 33.9 Å². The maximum Gasteiger partial charge on any atom is 0.254 e. The Kier molecular flexibility index (Phi) is 7.25. The molecule has 190 valence electrons. The molecule has 2 aromatic carbocycles. The number of hydrogen-bond acceptors (Lipinski definition) is 8. The highest BCUT2D eigenvalue weighted by atomic mass is 32.1. The lowest BCUT2D eigenvalue weighted by atomic mass is 9.81. The summed E-state index contributed by atoms with van der Waals surface area (Å²) in [5.74, 6) is 0.825. The monoisotopic (exact) mass is 512 g/mol. The summed E-state index contributed by atoms with van der Waals surface area (Å²) in [5.41, 5.74) is 1.40. The molecule has 0 aliphatic carbocycles. The van der Waals surface area contributed by atoms with Gasteiger partial charge in [-0.1, -0.05) is 6.07 Å². The van der Waals surface area contributed by atoms with E-state index < -0.39 is 12.0 Å². The number of methoxy groups -OCH3 is 5.